The van der Waals surface area contributed by atoms with Crippen molar-refractivity contribution in [2.75, 3.05) is 17.7 Å². The maximum absolute atomic E-state index is 8.75. The molecule has 0 saturated carbocycles. The van der Waals surface area contributed by atoms with Crippen LogP contribution in [0.4, 0.5) is 17.2 Å². The maximum atomic E-state index is 8.75. The second kappa shape index (κ2) is 4.94. The molecule has 18 heavy (non-hydrogen) atoms. The summed E-state index contributed by atoms with van der Waals surface area (Å²) >= 11 is 5.81. The third-order valence-corrected chi connectivity index (χ3v) is 2.77. The number of hydrogen-bond donors (Lipinski definition) is 1. The number of nitrogens with two attached hydrogens (primary N) is 1. The minimum Gasteiger partial charge on any atom is -0.396 e. The molecule has 5 heteroatoms. The van der Waals surface area contributed by atoms with Gasteiger partial charge in [0.1, 0.15) is 0 Å². The van der Waals surface area contributed by atoms with E-state index in [0.29, 0.717) is 22.1 Å². The number of benzene rings is 1. The lowest BCUT2D eigenvalue weighted by atomic mass is 10.2. The molecule has 0 aliphatic carbocycles. The molecule has 2 aromatic rings. The van der Waals surface area contributed by atoms with E-state index in [9.17, 15) is 0 Å². The Kier molecular flexibility index (Phi) is 3.35. The van der Waals surface area contributed by atoms with Gasteiger partial charge >= 0.3 is 0 Å². The average molecular weight is 259 g/mol. The van der Waals surface area contributed by atoms with Crippen molar-refractivity contribution in [1.82, 2.24) is 4.98 Å². The number of nitrogens with zero attached hydrogens (tertiary/aromatic N) is 3. The topological polar surface area (TPSA) is 65.9 Å². The zero-order valence-electron chi connectivity index (χ0n) is 9.76. The first kappa shape index (κ1) is 12.2. The number of nitrogen functional groups attached to an aromatic ring is 1. The van der Waals surface area contributed by atoms with Crippen LogP contribution in [0.2, 0.25) is 5.02 Å². The van der Waals surface area contributed by atoms with E-state index in [-0.39, 0.29) is 0 Å². The molecule has 0 aliphatic rings. The van der Waals surface area contributed by atoms with Gasteiger partial charge in [-0.1, -0.05) is 11.6 Å². The highest BCUT2D eigenvalue weighted by atomic mass is 35.5. The van der Waals surface area contributed by atoms with E-state index in [0.717, 1.165) is 5.69 Å². The molecule has 0 spiro atoms. The summed E-state index contributed by atoms with van der Waals surface area (Å²) in [6, 6.07) is 10.9. The highest BCUT2D eigenvalue weighted by Crippen LogP contribution is 2.28. The fourth-order valence-electron chi connectivity index (χ4n) is 1.61. The van der Waals surface area contributed by atoms with Gasteiger partial charge in [-0.3, -0.25) is 0 Å². The number of halogens is 1. The Hall–Kier alpha value is -2.25. The Morgan fingerprint density at radius 1 is 1.33 bits per heavy atom. The molecule has 1 heterocycles. The molecule has 1 aromatic heterocycles. The van der Waals surface area contributed by atoms with E-state index >= 15 is 0 Å². The Bertz CT molecular complexity index is 601. The summed E-state index contributed by atoms with van der Waals surface area (Å²) in [5.74, 6) is 0.629. The van der Waals surface area contributed by atoms with Crippen LogP contribution in [0.25, 0.3) is 0 Å². The average Bonchev–Trinajstić information content (AvgIpc) is 2.38. The Balaban J connectivity index is 2.35. The summed E-state index contributed by atoms with van der Waals surface area (Å²) < 4.78 is 0. The molecule has 2 rings (SSSR count). The van der Waals surface area contributed by atoms with Crippen molar-refractivity contribution in [2.45, 2.75) is 0 Å². The highest BCUT2D eigenvalue weighted by Gasteiger charge is 2.09. The summed E-state index contributed by atoms with van der Waals surface area (Å²) in [4.78, 5) is 6.04. The lowest BCUT2D eigenvalue weighted by Crippen LogP contribution is -2.13. The molecule has 1 aromatic carbocycles. The molecule has 0 atom stereocenters. The van der Waals surface area contributed by atoms with Gasteiger partial charge in [-0.25, -0.2) is 4.98 Å². The summed E-state index contributed by atoms with van der Waals surface area (Å²) in [5, 5.41) is 9.25. The van der Waals surface area contributed by atoms with E-state index in [2.05, 4.69) is 11.1 Å². The first-order valence-electron chi connectivity index (χ1n) is 5.26. The fourth-order valence-corrected chi connectivity index (χ4v) is 1.78. The molecular formula is C13H11ClN4. The first-order valence-corrected chi connectivity index (χ1v) is 5.64. The highest BCUT2D eigenvalue weighted by molar-refractivity contribution is 6.30. The van der Waals surface area contributed by atoms with Crippen molar-refractivity contribution in [1.29, 1.82) is 5.26 Å². The van der Waals surface area contributed by atoms with Crippen LogP contribution in [-0.4, -0.2) is 12.0 Å². The molecule has 0 bridgehead atoms. The lowest BCUT2D eigenvalue weighted by Gasteiger charge is -2.19. The van der Waals surface area contributed by atoms with Gasteiger partial charge in [-0.15, -0.1) is 0 Å². The Morgan fingerprint density at radius 3 is 2.56 bits per heavy atom. The van der Waals surface area contributed by atoms with Crippen LogP contribution in [0.1, 0.15) is 5.56 Å². The van der Waals surface area contributed by atoms with Crippen LogP contribution < -0.4 is 10.6 Å². The quantitative estimate of drug-likeness (QED) is 0.899. The van der Waals surface area contributed by atoms with E-state index in [1.54, 1.807) is 24.4 Å². The number of pyridine rings is 1. The molecule has 2 N–H and O–H groups in total. The predicted molar refractivity (Wildman–Crippen MR) is 72.9 cm³/mol. The van der Waals surface area contributed by atoms with Crippen LogP contribution in [0.5, 0.6) is 0 Å². The largest absolute Gasteiger partial charge is 0.396 e. The number of hydrogen-bond acceptors (Lipinski definition) is 4. The molecule has 0 saturated heterocycles. The van der Waals surface area contributed by atoms with E-state index in [1.807, 2.05) is 24.1 Å². The monoisotopic (exact) mass is 258 g/mol. The Morgan fingerprint density at radius 2 is 2.00 bits per heavy atom. The van der Waals surface area contributed by atoms with Crippen molar-refractivity contribution in [3.8, 4) is 6.07 Å². The first-order chi connectivity index (χ1) is 8.61. The zero-order chi connectivity index (χ0) is 13.1. The number of rotatable bonds is 2. The minimum atomic E-state index is 0.504. The maximum Gasteiger partial charge on any atom is 0.156 e. The van der Waals surface area contributed by atoms with Crippen LogP contribution in [0, 0.1) is 11.3 Å². The second-order valence-electron chi connectivity index (χ2n) is 3.78. The van der Waals surface area contributed by atoms with Crippen molar-refractivity contribution in [3.05, 3.63) is 47.1 Å². The van der Waals surface area contributed by atoms with Crippen molar-refractivity contribution in [2.24, 2.45) is 0 Å². The summed E-state index contributed by atoms with van der Waals surface area (Å²) in [6.07, 6.45) is 1.55. The van der Waals surface area contributed by atoms with Gasteiger partial charge in [-0.05, 0) is 30.3 Å². The van der Waals surface area contributed by atoms with Gasteiger partial charge in [-0.2, -0.15) is 5.26 Å². The van der Waals surface area contributed by atoms with E-state index in [4.69, 9.17) is 22.6 Å². The van der Waals surface area contributed by atoms with Crippen molar-refractivity contribution in [3.63, 3.8) is 0 Å². The van der Waals surface area contributed by atoms with Crippen LogP contribution in [-0.2, 0) is 0 Å². The molecule has 0 fully saturated rings. The van der Waals surface area contributed by atoms with Gasteiger partial charge in [0.15, 0.2) is 5.82 Å². The van der Waals surface area contributed by atoms with Gasteiger partial charge in [0.2, 0.25) is 0 Å². The van der Waals surface area contributed by atoms with Gasteiger partial charge < -0.3 is 10.6 Å². The number of nitriles is 1. The third kappa shape index (κ3) is 2.36. The van der Waals surface area contributed by atoms with Gasteiger partial charge in [0, 0.05) is 18.9 Å². The van der Waals surface area contributed by atoms with E-state index < -0.39 is 0 Å². The number of aromatic nitrogens is 1. The zero-order valence-corrected chi connectivity index (χ0v) is 10.5. The molecule has 90 valence electrons. The van der Waals surface area contributed by atoms with Crippen LogP contribution in [0.15, 0.2) is 36.5 Å². The summed E-state index contributed by atoms with van der Waals surface area (Å²) in [7, 11) is 1.86. The predicted octanol–water partition coefficient (Wildman–Crippen LogP) is 2.96. The third-order valence-electron chi connectivity index (χ3n) is 2.56. The molecule has 0 unspecified atom stereocenters. The van der Waals surface area contributed by atoms with Crippen LogP contribution >= 0.6 is 11.6 Å². The molecule has 0 aliphatic heterocycles. The normalized spacial score (nSPS) is 9.83. The molecule has 0 amide bonds. The van der Waals surface area contributed by atoms with Gasteiger partial charge in [0.05, 0.1) is 22.3 Å². The smallest absolute Gasteiger partial charge is 0.156 e. The van der Waals surface area contributed by atoms with Crippen molar-refractivity contribution < 1.29 is 0 Å². The summed E-state index contributed by atoms with van der Waals surface area (Å²) in [5.41, 5.74) is 7.90. The van der Waals surface area contributed by atoms with Crippen molar-refractivity contribution >= 4 is 28.8 Å². The Labute approximate surface area is 110 Å². The van der Waals surface area contributed by atoms with Crippen LogP contribution in [0.3, 0.4) is 0 Å². The second-order valence-corrected chi connectivity index (χ2v) is 4.22. The lowest BCUT2D eigenvalue weighted by molar-refractivity contribution is 1.13. The standard InChI is InChI=1S/C13H11ClN4/c1-18(11-4-2-9(7-15)3-5-11)13-12(16)6-10(14)8-17-13/h2-6,8H,16H2,1H3. The molecule has 0 radical (unpaired) electrons. The molecular weight excluding hydrogens is 248 g/mol. The van der Waals surface area contributed by atoms with Gasteiger partial charge in [0.25, 0.3) is 0 Å². The fraction of sp³-hybridized carbons (Fsp3) is 0.0769. The summed E-state index contributed by atoms with van der Waals surface area (Å²) in [6.45, 7) is 0. The number of anilines is 3. The van der Waals surface area contributed by atoms with E-state index in [1.165, 1.54) is 0 Å². The molecule has 4 nitrogen and oxygen atoms in total. The minimum absolute atomic E-state index is 0.504. The SMILES string of the molecule is CN(c1ccc(C#N)cc1)c1ncc(Cl)cc1N.